The molecule has 7 heteroatoms. The number of hydrogen-bond donors (Lipinski definition) is 0. The summed E-state index contributed by atoms with van der Waals surface area (Å²) in [7, 11) is 4.07. The molecule has 0 spiro atoms. The Morgan fingerprint density at radius 3 is 2.57 bits per heavy atom. The van der Waals surface area contributed by atoms with Crippen LogP contribution in [0.15, 0.2) is 36.4 Å². The molecular formula is C21H25Cl2N3OS. The van der Waals surface area contributed by atoms with Gasteiger partial charge >= 0.3 is 0 Å². The van der Waals surface area contributed by atoms with Crippen LogP contribution in [0.4, 0.5) is 5.13 Å². The number of fused-ring (bicyclic) bond motifs is 1. The van der Waals surface area contributed by atoms with Gasteiger partial charge in [-0.3, -0.25) is 9.69 Å². The van der Waals surface area contributed by atoms with Crippen molar-refractivity contribution in [2.24, 2.45) is 0 Å². The number of hydrogen-bond acceptors (Lipinski definition) is 4. The van der Waals surface area contributed by atoms with E-state index < -0.39 is 0 Å². The molecule has 1 aromatic heterocycles. The number of thiazole rings is 1. The van der Waals surface area contributed by atoms with Crippen molar-refractivity contribution in [3.8, 4) is 0 Å². The molecule has 2 aromatic carbocycles. The highest BCUT2D eigenvalue weighted by molar-refractivity contribution is 7.22. The Bertz CT molecular complexity index is 971. The zero-order chi connectivity index (χ0) is 19.6. The minimum absolute atomic E-state index is 0. The van der Waals surface area contributed by atoms with Crippen LogP contribution < -0.4 is 4.90 Å². The van der Waals surface area contributed by atoms with Gasteiger partial charge in [-0.15, -0.1) is 12.4 Å². The van der Waals surface area contributed by atoms with Gasteiger partial charge in [-0.05, 0) is 64.7 Å². The van der Waals surface area contributed by atoms with Crippen molar-refractivity contribution in [3.63, 3.8) is 0 Å². The van der Waals surface area contributed by atoms with Gasteiger partial charge in [-0.1, -0.05) is 46.7 Å². The smallest absolute Gasteiger partial charge is 0.260 e. The standard InChI is InChI=1S/C21H24ClN3OS.ClH/c1-14-9-10-15(2)16(13-14)20(26)25(12-6-11-24(3)4)21-23-19-17(22)7-5-8-18(19)27-21;/h5,7-10,13H,6,11-12H2,1-4H3;1H. The summed E-state index contributed by atoms with van der Waals surface area (Å²) in [4.78, 5) is 22.0. The van der Waals surface area contributed by atoms with E-state index in [0.717, 1.165) is 39.9 Å². The Morgan fingerprint density at radius 1 is 1.14 bits per heavy atom. The number of nitrogens with zero attached hydrogens (tertiary/aromatic N) is 3. The molecule has 3 aromatic rings. The summed E-state index contributed by atoms with van der Waals surface area (Å²) in [5, 5.41) is 1.31. The first kappa shape index (κ1) is 22.6. The summed E-state index contributed by atoms with van der Waals surface area (Å²) >= 11 is 7.80. The lowest BCUT2D eigenvalue weighted by atomic mass is 10.0. The molecule has 28 heavy (non-hydrogen) atoms. The van der Waals surface area contributed by atoms with E-state index in [1.807, 2.05) is 64.3 Å². The largest absolute Gasteiger partial charge is 0.309 e. The molecule has 0 aliphatic carbocycles. The fourth-order valence-corrected chi connectivity index (χ4v) is 4.25. The lowest BCUT2D eigenvalue weighted by molar-refractivity contribution is 0.0985. The van der Waals surface area contributed by atoms with Gasteiger partial charge in [0.25, 0.3) is 5.91 Å². The lowest BCUT2D eigenvalue weighted by Crippen LogP contribution is -2.34. The van der Waals surface area contributed by atoms with Crippen molar-refractivity contribution in [2.45, 2.75) is 20.3 Å². The molecular weight excluding hydrogens is 413 g/mol. The molecule has 0 atom stereocenters. The van der Waals surface area contributed by atoms with E-state index in [-0.39, 0.29) is 18.3 Å². The first-order valence-corrected chi connectivity index (χ1v) is 10.1. The number of anilines is 1. The summed E-state index contributed by atoms with van der Waals surface area (Å²) in [5.41, 5.74) is 3.53. The number of aromatic nitrogens is 1. The molecule has 1 amide bonds. The third kappa shape index (κ3) is 5.03. The molecule has 0 fully saturated rings. The highest BCUT2D eigenvalue weighted by Crippen LogP contribution is 2.33. The van der Waals surface area contributed by atoms with Gasteiger partial charge in [-0.2, -0.15) is 0 Å². The SMILES string of the molecule is Cc1ccc(C)c(C(=O)N(CCCN(C)C)c2nc3c(Cl)cccc3s2)c1.Cl. The van der Waals surface area contributed by atoms with E-state index in [1.54, 1.807) is 4.90 Å². The van der Waals surface area contributed by atoms with E-state index in [0.29, 0.717) is 16.7 Å². The summed E-state index contributed by atoms with van der Waals surface area (Å²) in [5.74, 6) is -0.00913. The Labute approximate surface area is 181 Å². The normalized spacial score (nSPS) is 10.9. The number of carbonyl (C=O) groups excluding carboxylic acids is 1. The van der Waals surface area contributed by atoms with Gasteiger partial charge in [0.15, 0.2) is 5.13 Å². The van der Waals surface area contributed by atoms with E-state index >= 15 is 0 Å². The molecule has 0 unspecified atom stereocenters. The zero-order valence-electron chi connectivity index (χ0n) is 16.5. The molecule has 0 bridgehead atoms. The van der Waals surface area contributed by atoms with Crippen LogP contribution in [-0.4, -0.2) is 43.0 Å². The Balaban J connectivity index is 0.00000280. The van der Waals surface area contributed by atoms with E-state index in [2.05, 4.69) is 9.88 Å². The topological polar surface area (TPSA) is 36.4 Å². The molecule has 1 heterocycles. The summed E-state index contributed by atoms with van der Waals surface area (Å²) < 4.78 is 0.990. The van der Waals surface area contributed by atoms with Crippen LogP contribution in [0.5, 0.6) is 0 Å². The number of carbonyl (C=O) groups is 1. The maximum Gasteiger partial charge on any atom is 0.260 e. The Morgan fingerprint density at radius 2 is 1.89 bits per heavy atom. The van der Waals surface area contributed by atoms with Crippen molar-refractivity contribution >= 4 is 56.6 Å². The number of halogens is 2. The maximum absolute atomic E-state index is 13.4. The Hall–Kier alpha value is -1.66. The molecule has 0 N–H and O–H groups in total. The molecule has 0 radical (unpaired) electrons. The van der Waals surface area contributed by atoms with Crippen LogP contribution in [-0.2, 0) is 0 Å². The third-order valence-electron chi connectivity index (χ3n) is 4.45. The summed E-state index contributed by atoms with van der Waals surface area (Å²) in [6.45, 7) is 5.49. The van der Waals surface area contributed by atoms with Crippen molar-refractivity contribution in [3.05, 3.63) is 58.1 Å². The van der Waals surface area contributed by atoms with Gasteiger partial charge in [0.2, 0.25) is 0 Å². The molecule has 0 aliphatic rings. The monoisotopic (exact) mass is 437 g/mol. The van der Waals surface area contributed by atoms with Gasteiger partial charge in [-0.25, -0.2) is 4.98 Å². The van der Waals surface area contributed by atoms with Crippen LogP contribution in [0.3, 0.4) is 0 Å². The van der Waals surface area contributed by atoms with Gasteiger partial charge in [0.05, 0.1) is 9.72 Å². The summed E-state index contributed by atoms with van der Waals surface area (Å²) in [6.07, 6.45) is 0.868. The lowest BCUT2D eigenvalue weighted by Gasteiger charge is -2.22. The molecule has 0 aliphatic heterocycles. The van der Waals surface area contributed by atoms with Crippen molar-refractivity contribution < 1.29 is 4.79 Å². The van der Waals surface area contributed by atoms with E-state index in [9.17, 15) is 4.79 Å². The fourth-order valence-electron chi connectivity index (χ4n) is 2.96. The van der Waals surface area contributed by atoms with E-state index in [1.165, 1.54) is 11.3 Å². The zero-order valence-corrected chi connectivity index (χ0v) is 18.9. The minimum atomic E-state index is -0.00913. The van der Waals surface area contributed by atoms with Crippen LogP contribution >= 0.6 is 35.3 Å². The third-order valence-corrected chi connectivity index (χ3v) is 5.79. The van der Waals surface area contributed by atoms with Crippen molar-refractivity contribution in [1.29, 1.82) is 0 Å². The van der Waals surface area contributed by atoms with Crippen LogP contribution in [0.2, 0.25) is 5.02 Å². The molecule has 3 rings (SSSR count). The fraction of sp³-hybridized carbons (Fsp3) is 0.333. The second-order valence-electron chi connectivity index (χ2n) is 7.02. The highest BCUT2D eigenvalue weighted by atomic mass is 35.5. The molecule has 150 valence electrons. The maximum atomic E-state index is 13.4. The van der Waals surface area contributed by atoms with Gasteiger partial charge < -0.3 is 4.90 Å². The number of rotatable bonds is 6. The second-order valence-corrected chi connectivity index (χ2v) is 8.43. The number of para-hydroxylation sites is 1. The van der Waals surface area contributed by atoms with Crippen molar-refractivity contribution in [2.75, 3.05) is 32.1 Å². The predicted molar refractivity (Wildman–Crippen MR) is 123 cm³/mol. The average molecular weight is 438 g/mol. The van der Waals surface area contributed by atoms with Crippen molar-refractivity contribution in [1.82, 2.24) is 9.88 Å². The number of amides is 1. The first-order valence-electron chi connectivity index (χ1n) is 8.95. The minimum Gasteiger partial charge on any atom is -0.309 e. The second kappa shape index (κ2) is 9.70. The van der Waals surface area contributed by atoms with Crippen LogP contribution in [0, 0.1) is 13.8 Å². The predicted octanol–water partition coefficient (Wildman–Crippen LogP) is 5.59. The van der Waals surface area contributed by atoms with Gasteiger partial charge in [0, 0.05) is 12.1 Å². The molecule has 0 saturated heterocycles. The average Bonchev–Trinajstić information content (AvgIpc) is 3.05. The number of aryl methyl sites for hydroxylation is 2. The number of benzene rings is 2. The van der Waals surface area contributed by atoms with Gasteiger partial charge in [0.1, 0.15) is 5.52 Å². The molecule has 4 nitrogen and oxygen atoms in total. The van der Waals surface area contributed by atoms with Crippen LogP contribution in [0.1, 0.15) is 27.9 Å². The molecule has 0 saturated carbocycles. The summed E-state index contributed by atoms with van der Waals surface area (Å²) in [6, 6.07) is 11.7. The van der Waals surface area contributed by atoms with E-state index in [4.69, 9.17) is 11.6 Å². The first-order chi connectivity index (χ1) is 12.9. The highest BCUT2D eigenvalue weighted by Gasteiger charge is 2.23. The van der Waals surface area contributed by atoms with Crippen LogP contribution in [0.25, 0.3) is 10.2 Å². The quantitative estimate of drug-likeness (QED) is 0.504. The Kier molecular flexibility index (Phi) is 7.84.